The van der Waals surface area contributed by atoms with Crippen molar-refractivity contribution in [3.63, 3.8) is 0 Å². The highest BCUT2D eigenvalue weighted by Gasteiger charge is 2.24. The van der Waals surface area contributed by atoms with E-state index >= 15 is 0 Å². The fraction of sp³-hybridized carbons (Fsp3) is 0.462. The molecule has 0 amide bonds. The maximum atomic E-state index is 10.2. The van der Waals surface area contributed by atoms with E-state index in [2.05, 4.69) is 32.9 Å². The van der Waals surface area contributed by atoms with Crippen LogP contribution in [0.4, 0.5) is 0 Å². The quantitative estimate of drug-likeness (QED) is 0.147. The van der Waals surface area contributed by atoms with E-state index in [1.807, 2.05) is 30.3 Å². The zero-order chi connectivity index (χ0) is 25.3. The number of hydrazine groups is 1. The average molecular weight is 492 g/mol. The molecule has 2 aromatic carbocycles. The van der Waals surface area contributed by atoms with Crippen molar-refractivity contribution in [3.05, 3.63) is 70.5 Å². The van der Waals surface area contributed by atoms with E-state index < -0.39 is 6.10 Å². The number of benzene rings is 2. The minimum atomic E-state index is -0.823. The Kier molecular flexibility index (Phi) is 10.5. The van der Waals surface area contributed by atoms with E-state index in [1.54, 1.807) is 6.92 Å². The number of aliphatic hydroxyl groups excluding tert-OH is 2. The van der Waals surface area contributed by atoms with Crippen molar-refractivity contribution in [2.24, 2.45) is 11.6 Å². The van der Waals surface area contributed by atoms with Crippen molar-refractivity contribution in [1.82, 2.24) is 5.01 Å². The van der Waals surface area contributed by atoms with Crippen LogP contribution in [0.15, 0.2) is 53.9 Å². The van der Waals surface area contributed by atoms with E-state index in [-0.39, 0.29) is 30.9 Å². The molecule has 0 aliphatic carbocycles. The molecule has 2 aromatic rings. The highest BCUT2D eigenvalue weighted by molar-refractivity contribution is 6.17. The van der Waals surface area contributed by atoms with Crippen molar-refractivity contribution >= 4 is 11.6 Å². The Bertz CT molecular complexity index is 948. The lowest BCUT2D eigenvalue weighted by molar-refractivity contribution is 0.0779. The lowest BCUT2D eigenvalue weighted by Gasteiger charge is -2.27. The fourth-order valence-corrected chi connectivity index (χ4v) is 3.59. The van der Waals surface area contributed by atoms with Gasteiger partial charge in [0.05, 0.1) is 25.5 Å². The molecule has 1 atom stereocenters. The summed E-state index contributed by atoms with van der Waals surface area (Å²) in [4.78, 5) is 0. The monoisotopic (exact) mass is 491 g/mol. The molecule has 0 spiro atoms. The van der Waals surface area contributed by atoms with Crippen LogP contribution < -0.4 is 21.1 Å². The standard InChI is InChI=1S/C26H38ClN3O4/c1-18-14-21(8-11-25(18)33-13-5-12-27)26(3,4)20-6-9-23(10-7-20)34-17-22(32)15-30(29)19(2)24(28)16-31/h6-11,14,22,31-32H,5,12-13,15-17,28-29H2,1-4H3/b24-19-. The van der Waals surface area contributed by atoms with Gasteiger partial charge in [0.15, 0.2) is 0 Å². The first-order valence-electron chi connectivity index (χ1n) is 11.4. The Balaban J connectivity index is 1.99. The van der Waals surface area contributed by atoms with Crippen molar-refractivity contribution in [1.29, 1.82) is 0 Å². The molecule has 8 heteroatoms. The summed E-state index contributed by atoms with van der Waals surface area (Å²) in [7, 11) is 0. The number of nitrogens with zero attached hydrogens (tertiary/aromatic N) is 1. The Labute approximate surface area is 207 Å². The number of ether oxygens (including phenoxy) is 2. The molecule has 0 saturated carbocycles. The average Bonchev–Trinajstić information content (AvgIpc) is 2.83. The molecular weight excluding hydrogens is 454 g/mol. The topological polar surface area (TPSA) is 114 Å². The number of nitrogens with two attached hydrogens (primary N) is 2. The molecule has 0 fully saturated rings. The lowest BCUT2D eigenvalue weighted by atomic mass is 9.77. The van der Waals surface area contributed by atoms with Gasteiger partial charge in [-0.05, 0) is 55.2 Å². The fourth-order valence-electron chi connectivity index (χ4n) is 3.48. The van der Waals surface area contributed by atoms with Gasteiger partial charge in [-0.25, -0.2) is 5.84 Å². The lowest BCUT2D eigenvalue weighted by Crippen LogP contribution is -2.40. The zero-order valence-corrected chi connectivity index (χ0v) is 21.3. The number of halogens is 1. The Morgan fingerprint density at radius 3 is 2.35 bits per heavy atom. The predicted molar refractivity (Wildman–Crippen MR) is 137 cm³/mol. The van der Waals surface area contributed by atoms with Crippen LogP contribution in [0.25, 0.3) is 0 Å². The Hall–Kier alpha value is -2.45. The molecular formula is C26H38ClN3O4. The summed E-state index contributed by atoms with van der Waals surface area (Å²) in [6, 6.07) is 14.1. The van der Waals surface area contributed by atoms with Gasteiger partial charge < -0.3 is 30.4 Å². The van der Waals surface area contributed by atoms with E-state index in [0.29, 0.717) is 23.9 Å². The van der Waals surface area contributed by atoms with E-state index in [0.717, 1.165) is 23.3 Å². The number of hydrogen-bond donors (Lipinski definition) is 4. The molecule has 0 heterocycles. The number of rotatable bonds is 13. The van der Waals surface area contributed by atoms with Crippen LogP contribution in [0, 0.1) is 6.92 Å². The van der Waals surface area contributed by atoms with Crippen molar-refractivity contribution < 1.29 is 19.7 Å². The normalized spacial score (nSPS) is 13.3. The highest BCUT2D eigenvalue weighted by Crippen LogP contribution is 2.34. The molecule has 0 aliphatic rings. The summed E-state index contributed by atoms with van der Waals surface area (Å²) in [6.07, 6.45) is -0.00477. The summed E-state index contributed by atoms with van der Waals surface area (Å²) < 4.78 is 11.6. The van der Waals surface area contributed by atoms with Gasteiger partial charge >= 0.3 is 0 Å². The summed E-state index contributed by atoms with van der Waals surface area (Å²) in [5.74, 6) is 8.02. The highest BCUT2D eigenvalue weighted by atomic mass is 35.5. The molecule has 34 heavy (non-hydrogen) atoms. The summed E-state index contributed by atoms with van der Waals surface area (Å²) >= 11 is 5.73. The third-order valence-electron chi connectivity index (χ3n) is 5.92. The summed E-state index contributed by atoms with van der Waals surface area (Å²) in [6.45, 7) is 8.62. The van der Waals surface area contributed by atoms with Crippen LogP contribution >= 0.6 is 11.6 Å². The second-order valence-electron chi connectivity index (χ2n) is 8.91. The Morgan fingerprint density at radius 1 is 1.12 bits per heavy atom. The third kappa shape index (κ3) is 7.53. The van der Waals surface area contributed by atoms with Crippen LogP contribution in [0.1, 0.15) is 43.9 Å². The van der Waals surface area contributed by atoms with Gasteiger partial charge in [0.1, 0.15) is 24.2 Å². The van der Waals surface area contributed by atoms with Crippen LogP contribution in [0.5, 0.6) is 11.5 Å². The first-order chi connectivity index (χ1) is 16.1. The Morgan fingerprint density at radius 2 is 1.76 bits per heavy atom. The first-order valence-corrected chi connectivity index (χ1v) is 11.9. The zero-order valence-electron chi connectivity index (χ0n) is 20.6. The first kappa shape index (κ1) is 27.8. The van der Waals surface area contributed by atoms with Gasteiger partial charge in [-0.3, -0.25) is 0 Å². The van der Waals surface area contributed by atoms with Gasteiger partial charge in [0.2, 0.25) is 0 Å². The van der Waals surface area contributed by atoms with Crippen molar-refractivity contribution in [2.45, 2.75) is 45.6 Å². The molecule has 0 saturated heterocycles. The smallest absolute Gasteiger partial charge is 0.122 e. The molecule has 6 N–H and O–H groups in total. The number of alkyl halides is 1. The number of allylic oxidation sites excluding steroid dienone is 1. The maximum Gasteiger partial charge on any atom is 0.122 e. The SMILES string of the molecule is C/C(=C(/N)CO)N(N)CC(O)COc1ccc(C(C)(C)c2ccc(OCCCCl)c(C)c2)cc1. The largest absolute Gasteiger partial charge is 0.493 e. The predicted octanol–water partition coefficient (Wildman–Crippen LogP) is 3.43. The number of aryl methyl sites for hydroxylation is 1. The van der Waals surface area contributed by atoms with Gasteiger partial charge in [0.25, 0.3) is 0 Å². The molecule has 0 aliphatic heterocycles. The molecule has 2 rings (SSSR count). The second kappa shape index (κ2) is 12.9. The number of hydrogen-bond acceptors (Lipinski definition) is 7. The van der Waals surface area contributed by atoms with Gasteiger partial charge in [-0.2, -0.15) is 0 Å². The van der Waals surface area contributed by atoms with Crippen LogP contribution in [0.3, 0.4) is 0 Å². The second-order valence-corrected chi connectivity index (χ2v) is 9.28. The van der Waals surface area contributed by atoms with Crippen molar-refractivity contribution in [3.8, 4) is 11.5 Å². The molecule has 1 unspecified atom stereocenters. The van der Waals surface area contributed by atoms with Gasteiger partial charge in [0, 0.05) is 17.0 Å². The minimum absolute atomic E-state index is 0.0765. The third-order valence-corrected chi connectivity index (χ3v) is 6.19. The van der Waals surface area contributed by atoms with Crippen LogP contribution in [-0.4, -0.2) is 53.6 Å². The molecule has 7 nitrogen and oxygen atoms in total. The van der Waals surface area contributed by atoms with Gasteiger partial charge in [-0.1, -0.05) is 38.1 Å². The van der Waals surface area contributed by atoms with Crippen LogP contribution in [0.2, 0.25) is 0 Å². The summed E-state index contributed by atoms with van der Waals surface area (Å²) in [5, 5.41) is 20.6. The van der Waals surface area contributed by atoms with E-state index in [9.17, 15) is 5.11 Å². The maximum absolute atomic E-state index is 10.2. The van der Waals surface area contributed by atoms with Crippen LogP contribution in [-0.2, 0) is 5.41 Å². The van der Waals surface area contributed by atoms with E-state index in [1.165, 1.54) is 10.6 Å². The molecule has 0 bridgehead atoms. The van der Waals surface area contributed by atoms with E-state index in [4.69, 9.17) is 37.8 Å². The molecule has 0 aromatic heterocycles. The molecule has 0 radical (unpaired) electrons. The molecule has 188 valence electrons. The summed E-state index contributed by atoms with van der Waals surface area (Å²) in [5.41, 5.74) is 9.66. The van der Waals surface area contributed by atoms with Gasteiger partial charge in [-0.15, -0.1) is 11.6 Å². The van der Waals surface area contributed by atoms with Crippen molar-refractivity contribution in [2.75, 3.05) is 32.2 Å². The number of aliphatic hydroxyl groups is 2. The minimum Gasteiger partial charge on any atom is -0.493 e.